The number of rotatable bonds is 9. The van der Waals surface area contributed by atoms with Gasteiger partial charge in [-0.25, -0.2) is 4.98 Å². The average Bonchev–Trinajstić information content (AvgIpc) is 2.79. The third-order valence-electron chi connectivity index (χ3n) is 4.50. The van der Waals surface area contributed by atoms with Gasteiger partial charge in [0.05, 0.1) is 24.4 Å². The maximum Gasteiger partial charge on any atom is 0.175 e. The lowest BCUT2D eigenvalue weighted by atomic mass is 10.1. The molecule has 32 heavy (non-hydrogen) atoms. The molecule has 3 aromatic rings. The number of nitrogens with one attached hydrogen (secondary N) is 1. The van der Waals surface area contributed by atoms with E-state index in [0.29, 0.717) is 36.1 Å². The number of hydrazone groups is 1. The fourth-order valence-corrected chi connectivity index (χ4v) is 3.64. The Morgan fingerprint density at radius 2 is 1.94 bits per heavy atom. The van der Waals surface area contributed by atoms with E-state index in [0.717, 1.165) is 26.9 Å². The number of nitrogens with zero attached hydrogens (tertiary/aromatic N) is 3. The molecule has 0 radical (unpaired) electrons. The maximum atomic E-state index is 9.53. The highest BCUT2D eigenvalue weighted by atomic mass is 79.9. The standard InChI is InChI=1S/C24H23BrN4O3/c1-16-9-19(15-30-2)20(12-26)24(28-16)29-27-13-18-10-21(25)23(22(11-18)31-3)32-14-17-7-5-4-6-8-17/h4-11,13H,14-15H2,1-3H3,(H,28,29)/b27-13-. The predicted molar refractivity (Wildman–Crippen MR) is 127 cm³/mol. The van der Waals surface area contributed by atoms with Gasteiger partial charge in [-0.15, -0.1) is 0 Å². The molecule has 0 saturated heterocycles. The van der Waals surface area contributed by atoms with Crippen LogP contribution in [0.3, 0.4) is 0 Å². The summed E-state index contributed by atoms with van der Waals surface area (Å²) in [6, 6.07) is 17.6. The number of methoxy groups -OCH3 is 2. The van der Waals surface area contributed by atoms with Crippen LogP contribution in [0.1, 0.15) is 27.9 Å². The van der Waals surface area contributed by atoms with Crippen molar-refractivity contribution in [3.63, 3.8) is 0 Å². The summed E-state index contributed by atoms with van der Waals surface area (Å²) < 4.78 is 17.4. The van der Waals surface area contributed by atoms with Gasteiger partial charge in [0, 0.05) is 18.4 Å². The van der Waals surface area contributed by atoms with E-state index in [1.165, 1.54) is 0 Å². The van der Waals surface area contributed by atoms with Crippen LogP contribution in [0.4, 0.5) is 5.82 Å². The molecule has 3 rings (SSSR count). The molecule has 0 amide bonds. The monoisotopic (exact) mass is 494 g/mol. The topological polar surface area (TPSA) is 88.8 Å². The number of hydrogen-bond donors (Lipinski definition) is 1. The Kier molecular flexibility index (Phi) is 8.20. The number of nitriles is 1. The van der Waals surface area contributed by atoms with Crippen molar-refractivity contribution >= 4 is 28.0 Å². The molecule has 0 fully saturated rings. The van der Waals surface area contributed by atoms with E-state index in [1.54, 1.807) is 20.4 Å². The quantitative estimate of drug-likeness (QED) is 0.324. The van der Waals surface area contributed by atoms with E-state index in [9.17, 15) is 5.26 Å². The molecule has 2 aromatic carbocycles. The Bertz CT molecular complexity index is 1140. The van der Waals surface area contributed by atoms with Crippen LogP contribution in [0, 0.1) is 18.3 Å². The summed E-state index contributed by atoms with van der Waals surface area (Å²) in [4.78, 5) is 4.38. The zero-order valence-corrected chi connectivity index (χ0v) is 19.6. The first-order chi connectivity index (χ1) is 15.5. The third kappa shape index (κ3) is 5.84. The Hall–Kier alpha value is -3.41. The highest BCUT2D eigenvalue weighted by Gasteiger charge is 2.13. The molecular formula is C24H23BrN4O3. The zero-order chi connectivity index (χ0) is 22.9. The van der Waals surface area contributed by atoms with E-state index in [2.05, 4.69) is 37.5 Å². The minimum absolute atomic E-state index is 0.319. The van der Waals surface area contributed by atoms with Crippen molar-refractivity contribution in [1.82, 2.24) is 4.98 Å². The number of anilines is 1. The molecule has 0 aliphatic rings. The summed E-state index contributed by atoms with van der Waals surface area (Å²) in [5.41, 5.74) is 6.61. The second-order valence-corrected chi connectivity index (χ2v) is 7.72. The highest BCUT2D eigenvalue weighted by molar-refractivity contribution is 9.10. The van der Waals surface area contributed by atoms with Gasteiger partial charge in [0.25, 0.3) is 0 Å². The first kappa shape index (κ1) is 23.3. The van der Waals surface area contributed by atoms with Crippen LogP contribution in [0.25, 0.3) is 0 Å². The number of halogens is 1. The van der Waals surface area contributed by atoms with Gasteiger partial charge >= 0.3 is 0 Å². The number of aromatic nitrogens is 1. The van der Waals surface area contributed by atoms with Gasteiger partial charge in [-0.05, 0) is 52.2 Å². The van der Waals surface area contributed by atoms with Gasteiger partial charge in [-0.1, -0.05) is 30.3 Å². The van der Waals surface area contributed by atoms with E-state index < -0.39 is 0 Å². The molecule has 1 heterocycles. The van der Waals surface area contributed by atoms with Crippen molar-refractivity contribution in [2.45, 2.75) is 20.1 Å². The fraction of sp³-hybridized carbons (Fsp3) is 0.208. The van der Waals surface area contributed by atoms with E-state index in [1.807, 2.05) is 55.5 Å². The second-order valence-electron chi connectivity index (χ2n) is 6.87. The average molecular weight is 495 g/mol. The van der Waals surface area contributed by atoms with Crippen molar-refractivity contribution < 1.29 is 14.2 Å². The summed E-state index contributed by atoms with van der Waals surface area (Å²) in [6.07, 6.45) is 1.62. The van der Waals surface area contributed by atoms with Crippen molar-refractivity contribution in [2.75, 3.05) is 19.6 Å². The molecular weight excluding hydrogens is 472 g/mol. The summed E-state index contributed by atoms with van der Waals surface area (Å²) in [5.74, 6) is 1.56. The molecule has 7 nitrogen and oxygen atoms in total. The van der Waals surface area contributed by atoms with Gasteiger partial charge in [0.1, 0.15) is 18.2 Å². The minimum atomic E-state index is 0.319. The summed E-state index contributed by atoms with van der Waals surface area (Å²) in [7, 11) is 3.17. The van der Waals surface area contributed by atoms with Crippen molar-refractivity contribution in [3.8, 4) is 17.6 Å². The van der Waals surface area contributed by atoms with Gasteiger partial charge in [0.15, 0.2) is 17.3 Å². The minimum Gasteiger partial charge on any atom is -0.493 e. The van der Waals surface area contributed by atoms with Crippen LogP contribution >= 0.6 is 15.9 Å². The van der Waals surface area contributed by atoms with E-state index in [4.69, 9.17) is 14.2 Å². The Morgan fingerprint density at radius 3 is 2.62 bits per heavy atom. The molecule has 0 bridgehead atoms. The SMILES string of the molecule is COCc1cc(C)nc(N/N=C\c2cc(Br)c(OCc3ccccc3)c(OC)c2)c1C#N. The van der Waals surface area contributed by atoms with Crippen molar-refractivity contribution in [2.24, 2.45) is 5.10 Å². The molecule has 0 atom stereocenters. The number of pyridine rings is 1. The smallest absolute Gasteiger partial charge is 0.175 e. The lowest BCUT2D eigenvalue weighted by molar-refractivity contribution is 0.184. The van der Waals surface area contributed by atoms with Crippen LogP contribution in [0.2, 0.25) is 0 Å². The van der Waals surface area contributed by atoms with Gasteiger partial charge in [0.2, 0.25) is 0 Å². The van der Waals surface area contributed by atoms with Crippen LogP contribution in [-0.2, 0) is 18.0 Å². The van der Waals surface area contributed by atoms with Crippen LogP contribution in [0.5, 0.6) is 11.5 Å². The summed E-state index contributed by atoms with van der Waals surface area (Å²) >= 11 is 3.55. The van der Waals surface area contributed by atoms with Crippen LogP contribution < -0.4 is 14.9 Å². The number of ether oxygens (including phenoxy) is 3. The molecule has 0 spiro atoms. The fourth-order valence-electron chi connectivity index (χ4n) is 3.07. The lowest BCUT2D eigenvalue weighted by Crippen LogP contribution is -2.03. The first-order valence-electron chi connectivity index (χ1n) is 9.78. The lowest BCUT2D eigenvalue weighted by Gasteiger charge is -2.13. The number of benzene rings is 2. The maximum absolute atomic E-state index is 9.53. The Balaban J connectivity index is 1.78. The normalized spacial score (nSPS) is 10.7. The van der Waals surface area contributed by atoms with Gasteiger partial charge in [-0.3, -0.25) is 5.43 Å². The first-order valence-corrected chi connectivity index (χ1v) is 10.6. The van der Waals surface area contributed by atoms with Gasteiger partial charge < -0.3 is 14.2 Å². The van der Waals surface area contributed by atoms with E-state index >= 15 is 0 Å². The number of hydrogen-bond acceptors (Lipinski definition) is 7. The summed E-state index contributed by atoms with van der Waals surface area (Å²) in [6.45, 7) is 2.59. The molecule has 1 N–H and O–H groups in total. The molecule has 8 heteroatoms. The van der Waals surface area contributed by atoms with E-state index in [-0.39, 0.29) is 0 Å². The Labute approximate surface area is 195 Å². The molecule has 0 aliphatic carbocycles. The Morgan fingerprint density at radius 1 is 1.16 bits per heavy atom. The summed E-state index contributed by atoms with van der Waals surface area (Å²) in [5, 5.41) is 13.8. The highest BCUT2D eigenvalue weighted by Crippen LogP contribution is 2.37. The molecule has 0 unspecified atom stereocenters. The van der Waals surface area contributed by atoms with Crippen molar-refractivity contribution in [3.05, 3.63) is 81.0 Å². The predicted octanol–water partition coefficient (Wildman–Crippen LogP) is 5.20. The van der Waals surface area contributed by atoms with Crippen LogP contribution in [-0.4, -0.2) is 25.4 Å². The molecule has 0 saturated carbocycles. The van der Waals surface area contributed by atoms with Gasteiger partial charge in [-0.2, -0.15) is 10.4 Å². The molecule has 0 aliphatic heterocycles. The zero-order valence-electron chi connectivity index (χ0n) is 18.1. The molecule has 164 valence electrons. The largest absolute Gasteiger partial charge is 0.493 e. The number of aryl methyl sites for hydroxylation is 1. The second kappa shape index (κ2) is 11.3. The van der Waals surface area contributed by atoms with Crippen LogP contribution in [0.15, 0.2) is 58.1 Å². The molecule has 1 aromatic heterocycles. The van der Waals surface area contributed by atoms with Crippen molar-refractivity contribution in [1.29, 1.82) is 5.26 Å². The third-order valence-corrected chi connectivity index (χ3v) is 5.09.